The number of likely N-dealkylation sites (N-methyl/N-ethyl adjacent to an activating group) is 1. The van der Waals surface area contributed by atoms with Gasteiger partial charge in [0, 0.05) is 30.9 Å². The van der Waals surface area contributed by atoms with Crippen LogP contribution in [-0.2, 0) is 0 Å². The summed E-state index contributed by atoms with van der Waals surface area (Å²) in [4.78, 5) is 15.7. The van der Waals surface area contributed by atoms with Crippen molar-refractivity contribution in [3.8, 4) is 0 Å². The predicted octanol–water partition coefficient (Wildman–Crippen LogP) is 2.22. The maximum Gasteiger partial charge on any atom is 0.335 e. The van der Waals surface area contributed by atoms with Crippen molar-refractivity contribution < 1.29 is 9.90 Å². The molecule has 1 aliphatic heterocycles. The van der Waals surface area contributed by atoms with Crippen molar-refractivity contribution in [2.75, 3.05) is 31.6 Å². The molecule has 2 rings (SSSR count). The van der Waals surface area contributed by atoms with E-state index in [-0.39, 0.29) is 5.54 Å². The summed E-state index contributed by atoms with van der Waals surface area (Å²) in [6.45, 7) is 9.28. The lowest BCUT2D eigenvalue weighted by Crippen LogP contribution is -2.57. The molecule has 0 aromatic heterocycles. The Morgan fingerprint density at radius 2 is 2.00 bits per heavy atom. The molecule has 0 amide bonds. The lowest BCUT2D eigenvalue weighted by atomic mass is 9.98. The Bertz CT molecular complexity index is 497. The van der Waals surface area contributed by atoms with E-state index in [2.05, 4.69) is 30.7 Å². The van der Waals surface area contributed by atoms with Crippen LogP contribution in [0.15, 0.2) is 18.2 Å². The fourth-order valence-electron chi connectivity index (χ4n) is 2.55. The van der Waals surface area contributed by atoms with Gasteiger partial charge in [0.05, 0.1) is 5.56 Å². The smallest absolute Gasteiger partial charge is 0.335 e. The second kappa shape index (κ2) is 4.85. The van der Waals surface area contributed by atoms with Gasteiger partial charge in [-0.25, -0.2) is 4.79 Å². The molecular formula is C15H22N2O2. The Kier molecular flexibility index (Phi) is 3.54. The molecule has 4 nitrogen and oxygen atoms in total. The van der Waals surface area contributed by atoms with E-state index >= 15 is 0 Å². The van der Waals surface area contributed by atoms with Crippen LogP contribution in [0.25, 0.3) is 0 Å². The van der Waals surface area contributed by atoms with Crippen LogP contribution in [-0.4, -0.2) is 48.2 Å². The number of aryl methyl sites for hydroxylation is 1. The molecule has 0 radical (unpaired) electrons. The summed E-state index contributed by atoms with van der Waals surface area (Å²) in [6.07, 6.45) is 0. The molecule has 19 heavy (non-hydrogen) atoms. The number of carbonyl (C=O) groups is 1. The Morgan fingerprint density at radius 3 is 2.53 bits per heavy atom. The average Bonchev–Trinajstić information content (AvgIpc) is 2.32. The van der Waals surface area contributed by atoms with Gasteiger partial charge in [-0.05, 0) is 51.6 Å². The van der Waals surface area contributed by atoms with Gasteiger partial charge in [0.15, 0.2) is 0 Å². The first-order chi connectivity index (χ1) is 8.81. The van der Waals surface area contributed by atoms with E-state index in [1.807, 2.05) is 19.1 Å². The van der Waals surface area contributed by atoms with Crippen LogP contribution in [0.2, 0.25) is 0 Å². The van der Waals surface area contributed by atoms with Crippen molar-refractivity contribution in [3.63, 3.8) is 0 Å². The quantitative estimate of drug-likeness (QED) is 0.887. The third-order valence-corrected chi connectivity index (χ3v) is 4.12. The monoisotopic (exact) mass is 262 g/mol. The zero-order valence-corrected chi connectivity index (χ0v) is 12.1. The number of nitrogens with zero attached hydrogens (tertiary/aromatic N) is 2. The van der Waals surface area contributed by atoms with Gasteiger partial charge in [-0.2, -0.15) is 0 Å². The van der Waals surface area contributed by atoms with Crippen molar-refractivity contribution in [2.24, 2.45) is 0 Å². The largest absolute Gasteiger partial charge is 0.478 e. The van der Waals surface area contributed by atoms with Crippen molar-refractivity contribution in [3.05, 3.63) is 29.3 Å². The number of anilines is 1. The van der Waals surface area contributed by atoms with Crippen LogP contribution in [0, 0.1) is 6.92 Å². The Hall–Kier alpha value is -1.55. The molecule has 0 unspecified atom stereocenters. The van der Waals surface area contributed by atoms with Gasteiger partial charge in [-0.15, -0.1) is 0 Å². The predicted molar refractivity (Wildman–Crippen MR) is 77.1 cm³/mol. The number of piperazine rings is 1. The summed E-state index contributed by atoms with van der Waals surface area (Å²) >= 11 is 0. The first-order valence-electron chi connectivity index (χ1n) is 6.61. The topological polar surface area (TPSA) is 43.8 Å². The van der Waals surface area contributed by atoms with Gasteiger partial charge >= 0.3 is 5.97 Å². The molecule has 0 aliphatic carbocycles. The molecule has 0 bridgehead atoms. The third-order valence-electron chi connectivity index (χ3n) is 4.12. The molecule has 1 aliphatic rings. The summed E-state index contributed by atoms with van der Waals surface area (Å²) < 4.78 is 0. The van der Waals surface area contributed by atoms with Gasteiger partial charge in [0.1, 0.15) is 0 Å². The lowest BCUT2D eigenvalue weighted by molar-refractivity contribution is 0.0696. The normalized spacial score (nSPS) is 19.5. The second-order valence-corrected chi connectivity index (χ2v) is 5.96. The van der Waals surface area contributed by atoms with E-state index in [0.717, 1.165) is 30.9 Å². The van der Waals surface area contributed by atoms with Crippen LogP contribution in [0.1, 0.15) is 29.8 Å². The number of carboxylic acid groups (broad SMARTS) is 1. The van der Waals surface area contributed by atoms with E-state index in [4.69, 9.17) is 5.11 Å². The van der Waals surface area contributed by atoms with E-state index in [9.17, 15) is 4.79 Å². The molecule has 1 N–H and O–H groups in total. The number of benzene rings is 1. The van der Waals surface area contributed by atoms with Crippen LogP contribution in [0.5, 0.6) is 0 Å². The fourth-order valence-corrected chi connectivity index (χ4v) is 2.55. The van der Waals surface area contributed by atoms with Crippen molar-refractivity contribution >= 4 is 11.7 Å². The Balaban J connectivity index is 2.24. The Morgan fingerprint density at radius 1 is 1.32 bits per heavy atom. The first kappa shape index (κ1) is 13.9. The maximum absolute atomic E-state index is 11.0. The highest BCUT2D eigenvalue weighted by atomic mass is 16.4. The van der Waals surface area contributed by atoms with E-state index < -0.39 is 5.97 Å². The van der Waals surface area contributed by atoms with Crippen LogP contribution in [0.3, 0.4) is 0 Å². The zero-order valence-electron chi connectivity index (χ0n) is 12.1. The molecule has 1 aromatic carbocycles. The fraction of sp³-hybridized carbons (Fsp3) is 0.533. The molecule has 4 heteroatoms. The Labute approximate surface area is 114 Å². The third kappa shape index (κ3) is 2.73. The summed E-state index contributed by atoms with van der Waals surface area (Å²) in [5, 5.41) is 9.06. The number of carboxylic acids is 1. The molecule has 0 atom stereocenters. The minimum atomic E-state index is -0.859. The molecule has 0 spiro atoms. The van der Waals surface area contributed by atoms with E-state index in [1.165, 1.54) is 0 Å². The minimum Gasteiger partial charge on any atom is -0.478 e. The zero-order chi connectivity index (χ0) is 14.2. The molecule has 1 heterocycles. The van der Waals surface area contributed by atoms with Gasteiger partial charge in [-0.3, -0.25) is 4.90 Å². The lowest BCUT2D eigenvalue weighted by Gasteiger charge is -2.46. The van der Waals surface area contributed by atoms with Gasteiger partial charge < -0.3 is 10.0 Å². The maximum atomic E-state index is 11.0. The molecule has 1 fully saturated rings. The molecule has 1 aromatic rings. The second-order valence-electron chi connectivity index (χ2n) is 5.96. The summed E-state index contributed by atoms with van der Waals surface area (Å²) in [5.74, 6) is -0.859. The van der Waals surface area contributed by atoms with Crippen molar-refractivity contribution in [1.82, 2.24) is 4.90 Å². The standard InChI is InChI=1S/C15H22N2O2/c1-11-9-12(5-6-13(11)14(18)19)17-8-7-16(4)15(2,3)10-17/h5-6,9H,7-8,10H2,1-4H3,(H,18,19). The van der Waals surface area contributed by atoms with Crippen LogP contribution >= 0.6 is 0 Å². The van der Waals surface area contributed by atoms with E-state index in [1.54, 1.807) is 6.07 Å². The number of rotatable bonds is 2. The highest BCUT2D eigenvalue weighted by Gasteiger charge is 2.31. The molecule has 0 saturated carbocycles. The SMILES string of the molecule is Cc1cc(N2CCN(C)C(C)(C)C2)ccc1C(=O)O. The van der Waals surface area contributed by atoms with Gasteiger partial charge in [-0.1, -0.05) is 0 Å². The average molecular weight is 262 g/mol. The number of hydrogen-bond donors (Lipinski definition) is 1. The van der Waals surface area contributed by atoms with E-state index in [0.29, 0.717) is 5.56 Å². The van der Waals surface area contributed by atoms with Crippen molar-refractivity contribution in [1.29, 1.82) is 0 Å². The molecule has 104 valence electrons. The molecule has 1 saturated heterocycles. The minimum absolute atomic E-state index is 0.137. The molecular weight excluding hydrogens is 240 g/mol. The van der Waals surface area contributed by atoms with Crippen LogP contribution in [0.4, 0.5) is 5.69 Å². The highest BCUT2D eigenvalue weighted by molar-refractivity contribution is 5.89. The van der Waals surface area contributed by atoms with Gasteiger partial charge in [0.2, 0.25) is 0 Å². The highest BCUT2D eigenvalue weighted by Crippen LogP contribution is 2.26. The first-order valence-corrected chi connectivity index (χ1v) is 6.61. The number of hydrogen-bond acceptors (Lipinski definition) is 3. The summed E-state index contributed by atoms with van der Waals surface area (Å²) in [7, 11) is 2.15. The van der Waals surface area contributed by atoms with Crippen LogP contribution < -0.4 is 4.90 Å². The summed E-state index contributed by atoms with van der Waals surface area (Å²) in [6, 6.07) is 5.60. The summed E-state index contributed by atoms with van der Waals surface area (Å²) in [5.41, 5.74) is 2.46. The number of aromatic carboxylic acids is 1. The van der Waals surface area contributed by atoms with Crippen molar-refractivity contribution in [2.45, 2.75) is 26.3 Å². The van der Waals surface area contributed by atoms with Gasteiger partial charge in [0.25, 0.3) is 0 Å².